The quantitative estimate of drug-likeness (QED) is 0.531. The molecule has 1 aromatic carbocycles. The first kappa shape index (κ1) is 17.2. The fourth-order valence-corrected chi connectivity index (χ4v) is 3.41. The highest BCUT2D eigenvalue weighted by atomic mass is 16.6. The topological polar surface area (TPSA) is 82.9 Å². The van der Waals surface area contributed by atoms with E-state index in [0.717, 1.165) is 52.1 Å². The number of hydrogen-bond donors (Lipinski definition) is 2. The molecule has 0 aliphatic heterocycles. The van der Waals surface area contributed by atoms with Gasteiger partial charge >= 0.3 is 0 Å². The van der Waals surface area contributed by atoms with E-state index >= 15 is 0 Å². The summed E-state index contributed by atoms with van der Waals surface area (Å²) in [5.74, 6) is 0.907. The van der Waals surface area contributed by atoms with E-state index in [1.54, 1.807) is 24.5 Å². The molecule has 2 aromatic heterocycles. The summed E-state index contributed by atoms with van der Waals surface area (Å²) in [5, 5.41) is 18.6. The molecule has 7 heteroatoms. The molecule has 0 spiro atoms. The number of hydrogen-bond acceptors (Lipinski definition) is 7. The Morgan fingerprint density at radius 3 is 2.81 bits per heavy atom. The van der Waals surface area contributed by atoms with Crippen molar-refractivity contribution in [3.8, 4) is 16.9 Å². The summed E-state index contributed by atoms with van der Waals surface area (Å²) >= 11 is 0. The molecule has 2 heterocycles. The van der Waals surface area contributed by atoms with Crippen LogP contribution in [0.5, 0.6) is 5.75 Å². The van der Waals surface area contributed by atoms with E-state index in [9.17, 15) is 5.11 Å². The predicted octanol–water partition coefficient (Wildman–Crippen LogP) is 2.69. The van der Waals surface area contributed by atoms with Crippen molar-refractivity contribution in [3.05, 3.63) is 47.8 Å². The van der Waals surface area contributed by atoms with Gasteiger partial charge in [0.1, 0.15) is 24.4 Å². The number of anilines is 1. The van der Waals surface area contributed by atoms with Crippen molar-refractivity contribution in [2.75, 3.05) is 39.6 Å². The van der Waals surface area contributed by atoms with Crippen LogP contribution in [0.4, 0.5) is 5.82 Å². The summed E-state index contributed by atoms with van der Waals surface area (Å²) in [6.45, 7) is 1.59. The van der Waals surface area contributed by atoms with Crippen LogP contribution in [-0.2, 0) is 4.84 Å². The second-order valence-corrected chi connectivity index (χ2v) is 6.69. The molecule has 0 atom stereocenters. The van der Waals surface area contributed by atoms with Gasteiger partial charge in [-0.1, -0.05) is 5.16 Å². The van der Waals surface area contributed by atoms with E-state index in [4.69, 9.17) is 9.82 Å². The molecule has 2 N–H and O–H groups in total. The number of fused-ring (bicyclic) bond motifs is 5. The van der Waals surface area contributed by atoms with Gasteiger partial charge in [0.05, 0.1) is 11.1 Å². The van der Waals surface area contributed by atoms with Crippen molar-refractivity contribution >= 4 is 22.4 Å². The number of likely N-dealkylation sites (N-methyl/N-ethyl adjacent to an activating group) is 1. The van der Waals surface area contributed by atoms with E-state index in [1.807, 2.05) is 26.2 Å². The predicted molar refractivity (Wildman–Crippen MR) is 106 cm³/mol. The molecule has 4 rings (SSSR count). The van der Waals surface area contributed by atoms with Crippen LogP contribution >= 0.6 is 0 Å². The Hall–Kier alpha value is -3.19. The number of phenols is 1. The lowest BCUT2D eigenvalue weighted by Crippen LogP contribution is -2.22. The maximum Gasteiger partial charge on any atom is 0.137 e. The number of pyridine rings is 2. The lowest BCUT2D eigenvalue weighted by atomic mass is 10.0. The standard InChI is InChI=1S/C20H21N5O2/c1-25(2)9-8-22-20-18-17(14-5-4-12(26)10-16(14)23-20)13-6-7-21-11-15(13)19(18)24-27-3/h4-7,10-11,26H,8-9H2,1-3H3,(H,22,23). The minimum atomic E-state index is 0.188. The first-order valence-electron chi connectivity index (χ1n) is 8.71. The Morgan fingerprint density at radius 1 is 1.19 bits per heavy atom. The fourth-order valence-electron chi connectivity index (χ4n) is 3.41. The molecule has 0 saturated carbocycles. The summed E-state index contributed by atoms with van der Waals surface area (Å²) in [5.41, 5.74) is 5.31. The third-order valence-electron chi connectivity index (χ3n) is 4.59. The summed E-state index contributed by atoms with van der Waals surface area (Å²) in [7, 11) is 5.58. The molecule has 7 nitrogen and oxygen atoms in total. The summed E-state index contributed by atoms with van der Waals surface area (Å²) in [6, 6.07) is 7.22. The Morgan fingerprint density at radius 2 is 2.04 bits per heavy atom. The molecule has 27 heavy (non-hydrogen) atoms. The maximum atomic E-state index is 9.93. The van der Waals surface area contributed by atoms with Crippen molar-refractivity contribution in [2.24, 2.45) is 5.16 Å². The molecule has 0 radical (unpaired) electrons. The number of rotatable bonds is 5. The highest BCUT2D eigenvalue weighted by Crippen LogP contribution is 2.44. The highest BCUT2D eigenvalue weighted by Gasteiger charge is 2.31. The van der Waals surface area contributed by atoms with Gasteiger partial charge < -0.3 is 20.2 Å². The summed E-state index contributed by atoms with van der Waals surface area (Å²) in [4.78, 5) is 16.3. The van der Waals surface area contributed by atoms with Crippen molar-refractivity contribution in [1.82, 2.24) is 14.9 Å². The van der Waals surface area contributed by atoms with Gasteiger partial charge in [0.2, 0.25) is 0 Å². The molecule has 0 amide bonds. The van der Waals surface area contributed by atoms with Gasteiger partial charge in [0.25, 0.3) is 0 Å². The average Bonchev–Trinajstić information content (AvgIpc) is 2.97. The second-order valence-electron chi connectivity index (χ2n) is 6.69. The SMILES string of the molecule is CON=C1c2cnccc2-c2c1c(NCCN(C)C)nc1cc(O)ccc21. The highest BCUT2D eigenvalue weighted by molar-refractivity contribution is 6.29. The van der Waals surface area contributed by atoms with Crippen molar-refractivity contribution in [1.29, 1.82) is 0 Å². The monoisotopic (exact) mass is 363 g/mol. The van der Waals surface area contributed by atoms with Crippen LogP contribution in [0, 0.1) is 0 Å². The van der Waals surface area contributed by atoms with E-state index in [2.05, 4.69) is 20.4 Å². The number of nitrogens with zero attached hydrogens (tertiary/aromatic N) is 4. The number of aromatic nitrogens is 2. The Kier molecular flexibility index (Phi) is 4.37. The Bertz CT molecular complexity index is 1050. The van der Waals surface area contributed by atoms with Gasteiger partial charge in [-0.15, -0.1) is 0 Å². The van der Waals surface area contributed by atoms with Gasteiger partial charge in [-0.2, -0.15) is 0 Å². The fraction of sp³-hybridized carbons (Fsp3) is 0.250. The van der Waals surface area contributed by atoms with Crippen LogP contribution in [0.1, 0.15) is 11.1 Å². The minimum absolute atomic E-state index is 0.188. The molecular weight excluding hydrogens is 342 g/mol. The van der Waals surface area contributed by atoms with Gasteiger partial charge in [0, 0.05) is 48.1 Å². The molecule has 1 aliphatic rings. The molecular formula is C20H21N5O2. The number of phenolic OH excluding ortho intramolecular Hbond substituents is 1. The van der Waals surface area contributed by atoms with E-state index in [0.29, 0.717) is 5.71 Å². The molecule has 0 fully saturated rings. The molecule has 3 aromatic rings. The van der Waals surface area contributed by atoms with Crippen LogP contribution in [0.15, 0.2) is 41.8 Å². The Labute approximate surface area is 157 Å². The van der Waals surface area contributed by atoms with E-state index in [1.165, 1.54) is 7.11 Å². The third-order valence-corrected chi connectivity index (χ3v) is 4.59. The normalized spacial score (nSPS) is 13.9. The zero-order chi connectivity index (χ0) is 19.0. The first-order chi connectivity index (χ1) is 13.1. The first-order valence-corrected chi connectivity index (χ1v) is 8.71. The number of aromatic hydroxyl groups is 1. The van der Waals surface area contributed by atoms with E-state index < -0.39 is 0 Å². The lowest BCUT2D eigenvalue weighted by Gasteiger charge is -2.15. The van der Waals surface area contributed by atoms with Crippen LogP contribution in [-0.4, -0.2) is 60.0 Å². The molecule has 1 aliphatic carbocycles. The molecule has 0 unspecified atom stereocenters. The van der Waals surface area contributed by atoms with Crippen LogP contribution in [0.3, 0.4) is 0 Å². The smallest absolute Gasteiger partial charge is 0.137 e. The Balaban J connectivity index is 1.98. The summed E-state index contributed by atoms with van der Waals surface area (Å²) < 4.78 is 0. The van der Waals surface area contributed by atoms with Crippen molar-refractivity contribution in [3.63, 3.8) is 0 Å². The second kappa shape index (κ2) is 6.85. The van der Waals surface area contributed by atoms with E-state index in [-0.39, 0.29) is 5.75 Å². The molecule has 0 bridgehead atoms. The van der Waals surface area contributed by atoms with Gasteiger partial charge in [0.15, 0.2) is 0 Å². The largest absolute Gasteiger partial charge is 0.508 e. The third kappa shape index (κ3) is 2.96. The average molecular weight is 363 g/mol. The molecule has 0 saturated heterocycles. The summed E-state index contributed by atoms with van der Waals surface area (Å²) in [6.07, 6.45) is 3.56. The minimum Gasteiger partial charge on any atom is -0.508 e. The van der Waals surface area contributed by atoms with Crippen LogP contribution in [0.2, 0.25) is 0 Å². The number of nitrogens with one attached hydrogen (secondary N) is 1. The van der Waals surface area contributed by atoms with Gasteiger partial charge in [-0.25, -0.2) is 4.98 Å². The number of oxime groups is 1. The van der Waals surface area contributed by atoms with Crippen molar-refractivity contribution in [2.45, 2.75) is 0 Å². The molecule has 138 valence electrons. The van der Waals surface area contributed by atoms with Crippen LogP contribution < -0.4 is 5.32 Å². The maximum absolute atomic E-state index is 9.93. The lowest BCUT2D eigenvalue weighted by molar-refractivity contribution is 0.214. The van der Waals surface area contributed by atoms with Crippen molar-refractivity contribution < 1.29 is 9.94 Å². The number of benzene rings is 1. The zero-order valence-electron chi connectivity index (χ0n) is 15.5. The van der Waals surface area contributed by atoms with Gasteiger partial charge in [-0.3, -0.25) is 4.98 Å². The van der Waals surface area contributed by atoms with Gasteiger partial charge in [-0.05, 0) is 37.9 Å². The zero-order valence-corrected chi connectivity index (χ0v) is 15.5. The van der Waals surface area contributed by atoms with Crippen LogP contribution in [0.25, 0.3) is 22.0 Å².